The number of aliphatic hydroxyl groups excluding tert-OH is 15. The number of hydrogen-bond donors (Lipinski definition) is 16. The molecular formula is C53H90O24. The molecule has 9 aliphatic rings. The normalized spacial score (nSPS) is 54.6. The molecule has 4 aliphatic heterocycles. The van der Waals surface area contributed by atoms with Crippen molar-refractivity contribution in [2.75, 3.05) is 33.0 Å². The summed E-state index contributed by atoms with van der Waals surface area (Å²) < 4.78 is 47.4. The quantitative estimate of drug-likeness (QED) is 0.0622. The molecule has 0 aromatic carbocycles. The molecule has 4 saturated heterocycles. The van der Waals surface area contributed by atoms with E-state index in [1.54, 1.807) is 13.8 Å². The van der Waals surface area contributed by atoms with Gasteiger partial charge in [0.1, 0.15) is 91.6 Å². The zero-order chi connectivity index (χ0) is 56.3. The molecule has 0 radical (unpaired) electrons. The van der Waals surface area contributed by atoms with Crippen molar-refractivity contribution in [2.45, 2.75) is 246 Å². The van der Waals surface area contributed by atoms with Crippen molar-refractivity contribution >= 4 is 0 Å². The van der Waals surface area contributed by atoms with E-state index in [0.29, 0.717) is 32.1 Å². The first-order valence-electron chi connectivity index (χ1n) is 28.0. The van der Waals surface area contributed by atoms with E-state index in [2.05, 4.69) is 20.8 Å². The molecule has 24 nitrogen and oxygen atoms in total. The summed E-state index contributed by atoms with van der Waals surface area (Å²) in [4.78, 5) is 0. The molecule has 24 heteroatoms. The predicted molar refractivity (Wildman–Crippen MR) is 261 cm³/mol. The minimum absolute atomic E-state index is 0.0305. The van der Waals surface area contributed by atoms with Crippen LogP contribution in [0.1, 0.15) is 106 Å². The van der Waals surface area contributed by atoms with Gasteiger partial charge in [-0.1, -0.05) is 27.7 Å². The van der Waals surface area contributed by atoms with Gasteiger partial charge in [0.05, 0.1) is 56.9 Å². The summed E-state index contributed by atoms with van der Waals surface area (Å²) in [5, 5.41) is 173. The van der Waals surface area contributed by atoms with Crippen LogP contribution in [-0.4, -0.2) is 255 Å². The number of hydrogen-bond acceptors (Lipinski definition) is 24. The van der Waals surface area contributed by atoms with Crippen LogP contribution in [0, 0.1) is 50.7 Å². The standard InChI is InChI=1S/C53H90O24/c1-22(7-8-30(48(2,3)69)74-45-39(67)35(63)33(61)26(16-54)71-45)23-9-11-51(6)43-24(58)15-29-49(4,21-57)31(10-12-52(29)20-53(43,52)14-13-50(23,51)5)75-46-40(68)37(65)41(28(18-56)73-46)76-47-42(36(64)34(62)27(17-55)72-47)77-44-38(66)32(60)25(59)19-70-44/h22-47,54-69H,7-21H2,1-6H3/t22-,23?,24+,25+,26-,27-,28-,29?,30-,31+,32+,33-,34-,35+,36+,37-,38-,39-,40-,41-,42-,43?,44+,45+,46+,47-,49-,50-,51+,52?,53?/m1/s1. The Hall–Kier alpha value is -0.960. The number of rotatable bonds is 17. The van der Waals surface area contributed by atoms with Gasteiger partial charge in [-0.2, -0.15) is 0 Å². The van der Waals surface area contributed by atoms with Gasteiger partial charge in [-0.3, -0.25) is 0 Å². The van der Waals surface area contributed by atoms with E-state index in [-0.39, 0.29) is 51.9 Å². The van der Waals surface area contributed by atoms with Crippen LogP contribution < -0.4 is 0 Å². The largest absolute Gasteiger partial charge is 0.396 e. The summed E-state index contributed by atoms with van der Waals surface area (Å²) in [6.45, 7) is 9.06. The summed E-state index contributed by atoms with van der Waals surface area (Å²) in [6.07, 6.45) is -26.1. The van der Waals surface area contributed by atoms with Crippen molar-refractivity contribution in [1.29, 1.82) is 0 Å². The van der Waals surface area contributed by atoms with E-state index in [1.807, 2.05) is 6.92 Å². The molecule has 31 atom stereocenters. The summed E-state index contributed by atoms with van der Waals surface area (Å²) >= 11 is 0. The lowest BCUT2D eigenvalue weighted by Crippen LogP contribution is -2.67. The van der Waals surface area contributed by atoms with Gasteiger partial charge in [-0.05, 0) is 123 Å². The molecule has 2 spiro atoms. The Kier molecular flexibility index (Phi) is 17.5. The fourth-order valence-corrected chi connectivity index (χ4v) is 17.1. The van der Waals surface area contributed by atoms with Crippen LogP contribution >= 0.6 is 0 Å². The van der Waals surface area contributed by atoms with E-state index in [0.717, 1.165) is 32.1 Å². The first-order valence-corrected chi connectivity index (χ1v) is 28.0. The molecule has 5 unspecified atom stereocenters. The minimum atomic E-state index is -1.87. The molecule has 16 N–H and O–H groups in total. The molecule has 0 amide bonds. The van der Waals surface area contributed by atoms with Gasteiger partial charge in [0.2, 0.25) is 0 Å². The van der Waals surface area contributed by atoms with E-state index in [4.69, 9.17) is 37.9 Å². The second-order valence-electron chi connectivity index (χ2n) is 26.0. The van der Waals surface area contributed by atoms with Crippen LogP contribution in [0.4, 0.5) is 0 Å². The number of ether oxygens (including phenoxy) is 8. The Balaban J connectivity index is 0.864. The van der Waals surface area contributed by atoms with Crippen LogP contribution in [0.3, 0.4) is 0 Å². The van der Waals surface area contributed by atoms with E-state index < -0.39 is 172 Å². The van der Waals surface area contributed by atoms with E-state index >= 15 is 0 Å². The molecule has 5 saturated carbocycles. The van der Waals surface area contributed by atoms with Crippen LogP contribution in [0.15, 0.2) is 0 Å². The zero-order valence-electron chi connectivity index (χ0n) is 45.0. The lowest BCUT2D eigenvalue weighted by Gasteiger charge is -2.65. The van der Waals surface area contributed by atoms with Gasteiger partial charge < -0.3 is 120 Å². The molecular weight excluding hydrogens is 1020 g/mol. The van der Waals surface area contributed by atoms with Gasteiger partial charge in [-0.25, -0.2) is 0 Å². The van der Waals surface area contributed by atoms with Crippen LogP contribution in [0.2, 0.25) is 0 Å². The van der Waals surface area contributed by atoms with Crippen molar-refractivity contribution in [3.63, 3.8) is 0 Å². The predicted octanol–water partition coefficient (Wildman–Crippen LogP) is -3.79. The Labute approximate surface area is 448 Å². The molecule has 9 fully saturated rings. The highest BCUT2D eigenvalue weighted by atomic mass is 16.8. The molecule has 77 heavy (non-hydrogen) atoms. The van der Waals surface area contributed by atoms with Crippen molar-refractivity contribution < 1.29 is 120 Å². The second-order valence-corrected chi connectivity index (χ2v) is 26.0. The highest BCUT2D eigenvalue weighted by Gasteiger charge is 2.84. The van der Waals surface area contributed by atoms with Crippen LogP contribution in [0.5, 0.6) is 0 Å². The molecule has 0 aromatic heterocycles. The maximum atomic E-state index is 12.7. The summed E-state index contributed by atoms with van der Waals surface area (Å²) in [6, 6.07) is 0. The number of aliphatic hydroxyl groups is 16. The molecule has 0 aromatic rings. The van der Waals surface area contributed by atoms with Gasteiger partial charge in [-0.15, -0.1) is 0 Å². The summed E-state index contributed by atoms with van der Waals surface area (Å²) in [5.41, 5.74) is -3.18. The first kappa shape index (κ1) is 60.6. The average Bonchev–Trinajstić information content (AvgIpc) is 4.10. The second kappa shape index (κ2) is 22.2. The van der Waals surface area contributed by atoms with Crippen molar-refractivity contribution in [1.82, 2.24) is 0 Å². The van der Waals surface area contributed by atoms with Gasteiger partial charge in [0.25, 0.3) is 0 Å². The van der Waals surface area contributed by atoms with Crippen LogP contribution in [0.25, 0.3) is 0 Å². The molecule has 0 bridgehead atoms. The first-order chi connectivity index (χ1) is 36.1. The molecule has 4 heterocycles. The fourth-order valence-electron chi connectivity index (χ4n) is 17.1. The van der Waals surface area contributed by atoms with E-state index in [1.165, 1.54) is 0 Å². The molecule has 446 valence electrons. The topological polar surface area (TPSA) is 398 Å². The Morgan fingerprint density at radius 1 is 0.558 bits per heavy atom. The monoisotopic (exact) mass is 1110 g/mol. The zero-order valence-corrected chi connectivity index (χ0v) is 45.0. The van der Waals surface area contributed by atoms with E-state index in [9.17, 15) is 81.7 Å². The lowest BCUT2D eigenvalue weighted by molar-refractivity contribution is -0.387. The Morgan fingerprint density at radius 2 is 1.14 bits per heavy atom. The third kappa shape index (κ3) is 9.90. The third-order valence-electron chi connectivity index (χ3n) is 21.7. The molecule has 5 aliphatic carbocycles. The fraction of sp³-hybridized carbons (Fsp3) is 1.00. The molecule has 9 rings (SSSR count). The smallest absolute Gasteiger partial charge is 0.187 e. The average molecular weight is 1110 g/mol. The van der Waals surface area contributed by atoms with Crippen LogP contribution in [-0.2, 0) is 37.9 Å². The third-order valence-corrected chi connectivity index (χ3v) is 21.7. The van der Waals surface area contributed by atoms with Crippen molar-refractivity contribution in [3.8, 4) is 0 Å². The van der Waals surface area contributed by atoms with Crippen molar-refractivity contribution in [2.24, 2.45) is 50.7 Å². The maximum absolute atomic E-state index is 12.7. The highest BCUT2D eigenvalue weighted by Crippen LogP contribution is 2.89. The lowest BCUT2D eigenvalue weighted by atomic mass is 9.41. The van der Waals surface area contributed by atoms with Gasteiger partial charge >= 0.3 is 0 Å². The Morgan fingerprint density at radius 3 is 1.78 bits per heavy atom. The maximum Gasteiger partial charge on any atom is 0.187 e. The highest BCUT2D eigenvalue weighted by molar-refractivity contribution is 5.32. The summed E-state index contributed by atoms with van der Waals surface area (Å²) in [5.74, 6) is 0.181. The summed E-state index contributed by atoms with van der Waals surface area (Å²) in [7, 11) is 0. The SMILES string of the molecule is C[C@H](CC[C@@H](O[C@@H]1O[C@H](CO)[C@@H](O)[C@H](O)[C@H]1O)C(C)(C)O)C1CC[C@@]2(C)C3[C@@H](O)CC4C5(CC[C@H](O[C@@H]6O[C@H](CO)[C@@H](O[C@H]7O[C@H](CO)[C@@H](O)[C@H](O)[C@H]7O[C@@H]7OC[C@H](O)[C@H](O)[C@H]7O)[C@H](O)[C@H]6O)[C@]4(C)CO)CC35CC[C@]12C. The van der Waals surface area contributed by atoms with Crippen molar-refractivity contribution in [3.05, 3.63) is 0 Å². The minimum Gasteiger partial charge on any atom is -0.396 e. The number of fused-ring (bicyclic) bond motifs is 2. The van der Waals surface area contributed by atoms with Gasteiger partial charge in [0, 0.05) is 5.41 Å². The van der Waals surface area contributed by atoms with Gasteiger partial charge in [0.15, 0.2) is 25.2 Å². The Bertz CT molecular complexity index is 2000.